The Bertz CT molecular complexity index is 382. The zero-order valence-electron chi connectivity index (χ0n) is 11.5. The molecule has 0 amide bonds. The molecule has 0 radical (unpaired) electrons. The number of hydrogen-bond acceptors (Lipinski definition) is 1. The van der Waals surface area contributed by atoms with Crippen LogP contribution in [0.1, 0.15) is 38.7 Å². The van der Waals surface area contributed by atoms with Gasteiger partial charge < -0.3 is 5.32 Å². The molecule has 18 heavy (non-hydrogen) atoms. The molecule has 0 aromatic heterocycles. The standard InChI is InChI=1S/C16H24BrN/c1-13(2)11-18-12-16(7-4-8-16)10-14-5-3-6-15(17)9-14/h3,5-6,9,13,18H,4,7-8,10-12H2,1-2H3. The molecule has 1 saturated carbocycles. The number of halogens is 1. The number of benzene rings is 1. The third-order valence-corrected chi connectivity index (χ3v) is 4.43. The molecule has 1 fully saturated rings. The third-order valence-electron chi connectivity index (χ3n) is 3.93. The zero-order valence-corrected chi connectivity index (χ0v) is 13.1. The highest BCUT2D eigenvalue weighted by Gasteiger charge is 2.36. The van der Waals surface area contributed by atoms with Crippen molar-refractivity contribution in [1.29, 1.82) is 0 Å². The minimum absolute atomic E-state index is 0.523. The third kappa shape index (κ3) is 3.83. The molecule has 0 spiro atoms. The van der Waals surface area contributed by atoms with E-state index in [-0.39, 0.29) is 0 Å². The smallest absolute Gasteiger partial charge is 0.0177 e. The molecular formula is C16H24BrN. The van der Waals surface area contributed by atoms with Crippen molar-refractivity contribution < 1.29 is 0 Å². The Hall–Kier alpha value is -0.340. The van der Waals surface area contributed by atoms with Crippen molar-refractivity contribution in [3.05, 3.63) is 34.3 Å². The van der Waals surface area contributed by atoms with E-state index in [1.165, 1.54) is 42.3 Å². The van der Waals surface area contributed by atoms with Gasteiger partial charge in [0.05, 0.1) is 0 Å². The Kier molecular flexibility index (Phi) is 4.85. The monoisotopic (exact) mass is 309 g/mol. The second kappa shape index (κ2) is 6.21. The lowest BCUT2D eigenvalue weighted by Gasteiger charge is -2.42. The van der Waals surface area contributed by atoms with Crippen molar-refractivity contribution in [1.82, 2.24) is 5.32 Å². The summed E-state index contributed by atoms with van der Waals surface area (Å²) in [6.07, 6.45) is 5.38. The molecule has 1 aliphatic rings. The molecule has 0 unspecified atom stereocenters. The SMILES string of the molecule is CC(C)CNCC1(Cc2cccc(Br)c2)CCC1. The van der Waals surface area contributed by atoms with Gasteiger partial charge in [-0.2, -0.15) is 0 Å². The van der Waals surface area contributed by atoms with Gasteiger partial charge in [0.25, 0.3) is 0 Å². The lowest BCUT2D eigenvalue weighted by molar-refractivity contribution is 0.129. The van der Waals surface area contributed by atoms with Crippen molar-refractivity contribution in [2.45, 2.75) is 39.5 Å². The average molecular weight is 310 g/mol. The molecule has 1 aliphatic carbocycles. The summed E-state index contributed by atoms with van der Waals surface area (Å²) < 4.78 is 1.20. The van der Waals surface area contributed by atoms with Crippen molar-refractivity contribution in [3.63, 3.8) is 0 Å². The first-order valence-corrected chi connectivity index (χ1v) is 7.84. The van der Waals surface area contributed by atoms with E-state index in [1.54, 1.807) is 0 Å². The molecular weight excluding hydrogens is 286 g/mol. The predicted molar refractivity (Wildman–Crippen MR) is 81.8 cm³/mol. The molecule has 0 aliphatic heterocycles. The molecule has 0 heterocycles. The second-order valence-corrected chi connectivity index (χ2v) is 7.10. The van der Waals surface area contributed by atoms with Crippen LogP contribution in [0, 0.1) is 11.3 Å². The predicted octanol–water partition coefficient (Wildman–Crippen LogP) is 4.41. The van der Waals surface area contributed by atoms with Crippen LogP contribution >= 0.6 is 15.9 Å². The van der Waals surface area contributed by atoms with Crippen LogP contribution in [0.3, 0.4) is 0 Å². The van der Waals surface area contributed by atoms with Gasteiger partial charge >= 0.3 is 0 Å². The first kappa shape index (κ1) is 14.1. The van der Waals surface area contributed by atoms with E-state index in [4.69, 9.17) is 0 Å². The molecule has 1 aromatic carbocycles. The van der Waals surface area contributed by atoms with Crippen LogP contribution < -0.4 is 5.32 Å². The lowest BCUT2D eigenvalue weighted by Crippen LogP contribution is -2.42. The van der Waals surface area contributed by atoms with Crippen LogP contribution in [0.2, 0.25) is 0 Å². The van der Waals surface area contributed by atoms with Crippen LogP contribution in [0.15, 0.2) is 28.7 Å². The van der Waals surface area contributed by atoms with Gasteiger partial charge in [0, 0.05) is 11.0 Å². The van der Waals surface area contributed by atoms with Gasteiger partial charge in [0.1, 0.15) is 0 Å². The summed E-state index contributed by atoms with van der Waals surface area (Å²) in [6, 6.07) is 8.77. The maximum Gasteiger partial charge on any atom is 0.0177 e. The van der Waals surface area contributed by atoms with E-state index in [0.29, 0.717) is 5.41 Å². The van der Waals surface area contributed by atoms with E-state index in [9.17, 15) is 0 Å². The molecule has 2 rings (SSSR count). The molecule has 2 heteroatoms. The Morgan fingerprint density at radius 1 is 1.33 bits per heavy atom. The molecule has 0 saturated heterocycles. The van der Waals surface area contributed by atoms with Gasteiger partial charge in [-0.3, -0.25) is 0 Å². The highest BCUT2D eigenvalue weighted by Crippen LogP contribution is 2.43. The first-order valence-electron chi connectivity index (χ1n) is 7.05. The first-order chi connectivity index (χ1) is 8.60. The Morgan fingerprint density at radius 3 is 2.67 bits per heavy atom. The molecule has 1 nitrogen and oxygen atoms in total. The molecule has 1 aromatic rings. The number of hydrogen-bond donors (Lipinski definition) is 1. The van der Waals surface area contributed by atoms with E-state index >= 15 is 0 Å². The summed E-state index contributed by atoms with van der Waals surface area (Å²) in [5, 5.41) is 3.65. The Labute approximate surface area is 119 Å². The zero-order chi connectivity index (χ0) is 13.0. The molecule has 100 valence electrons. The normalized spacial score (nSPS) is 17.8. The lowest BCUT2D eigenvalue weighted by atomic mass is 9.65. The van der Waals surface area contributed by atoms with E-state index < -0.39 is 0 Å². The fourth-order valence-electron chi connectivity index (χ4n) is 2.80. The molecule has 0 atom stereocenters. The van der Waals surface area contributed by atoms with Gasteiger partial charge in [-0.25, -0.2) is 0 Å². The topological polar surface area (TPSA) is 12.0 Å². The van der Waals surface area contributed by atoms with Crippen LogP contribution in [0.5, 0.6) is 0 Å². The summed E-state index contributed by atoms with van der Waals surface area (Å²) >= 11 is 3.57. The van der Waals surface area contributed by atoms with Crippen LogP contribution in [-0.4, -0.2) is 13.1 Å². The van der Waals surface area contributed by atoms with Crippen molar-refractivity contribution in [2.24, 2.45) is 11.3 Å². The Morgan fingerprint density at radius 2 is 2.11 bits per heavy atom. The number of nitrogens with one attached hydrogen (secondary N) is 1. The molecule has 1 N–H and O–H groups in total. The number of rotatable bonds is 6. The van der Waals surface area contributed by atoms with E-state index in [2.05, 4.69) is 59.4 Å². The maximum atomic E-state index is 3.65. The Balaban J connectivity index is 1.91. The van der Waals surface area contributed by atoms with Crippen LogP contribution in [0.4, 0.5) is 0 Å². The van der Waals surface area contributed by atoms with E-state index in [1.807, 2.05) is 0 Å². The van der Waals surface area contributed by atoms with Crippen LogP contribution in [-0.2, 0) is 6.42 Å². The fourth-order valence-corrected chi connectivity index (χ4v) is 3.25. The van der Waals surface area contributed by atoms with Gasteiger partial charge in [-0.15, -0.1) is 0 Å². The van der Waals surface area contributed by atoms with E-state index in [0.717, 1.165) is 12.5 Å². The van der Waals surface area contributed by atoms with Gasteiger partial charge in [-0.05, 0) is 54.8 Å². The minimum atomic E-state index is 0.523. The second-order valence-electron chi connectivity index (χ2n) is 6.18. The van der Waals surface area contributed by atoms with Crippen molar-refractivity contribution in [3.8, 4) is 0 Å². The summed E-state index contributed by atoms with van der Waals surface area (Å²) in [7, 11) is 0. The molecule has 0 bridgehead atoms. The van der Waals surface area contributed by atoms with Gasteiger partial charge in [0.15, 0.2) is 0 Å². The maximum absolute atomic E-state index is 3.65. The largest absolute Gasteiger partial charge is 0.316 e. The average Bonchev–Trinajstić information content (AvgIpc) is 2.25. The highest BCUT2D eigenvalue weighted by atomic mass is 79.9. The minimum Gasteiger partial charge on any atom is -0.316 e. The summed E-state index contributed by atoms with van der Waals surface area (Å²) in [4.78, 5) is 0. The fraction of sp³-hybridized carbons (Fsp3) is 0.625. The summed E-state index contributed by atoms with van der Waals surface area (Å²) in [5.74, 6) is 0.744. The van der Waals surface area contributed by atoms with Crippen molar-refractivity contribution in [2.75, 3.05) is 13.1 Å². The van der Waals surface area contributed by atoms with Gasteiger partial charge in [-0.1, -0.05) is 48.3 Å². The quantitative estimate of drug-likeness (QED) is 0.821. The highest BCUT2D eigenvalue weighted by molar-refractivity contribution is 9.10. The van der Waals surface area contributed by atoms with Gasteiger partial charge in [0.2, 0.25) is 0 Å². The summed E-state index contributed by atoms with van der Waals surface area (Å²) in [5.41, 5.74) is 1.99. The van der Waals surface area contributed by atoms with Crippen LogP contribution in [0.25, 0.3) is 0 Å². The summed E-state index contributed by atoms with van der Waals surface area (Å²) in [6.45, 7) is 6.86. The van der Waals surface area contributed by atoms with Crippen molar-refractivity contribution >= 4 is 15.9 Å².